The molecule has 0 bridgehead atoms. The molecular formula is C21H18N8O6S3. The van der Waals surface area contributed by atoms with Crippen LogP contribution in [0.5, 0.6) is 0 Å². The number of carboxylic acids is 1. The highest BCUT2D eigenvalue weighted by Gasteiger charge is 2.54. The van der Waals surface area contributed by atoms with Gasteiger partial charge in [0.15, 0.2) is 10.8 Å². The summed E-state index contributed by atoms with van der Waals surface area (Å²) in [6.07, 6.45) is 3.21. The molecule has 0 spiro atoms. The fourth-order valence-corrected chi connectivity index (χ4v) is 6.51. The Morgan fingerprint density at radius 2 is 2.26 bits per heavy atom. The van der Waals surface area contributed by atoms with E-state index >= 15 is 0 Å². The number of nitrogens with one attached hydrogen (secondary N) is 1. The molecule has 0 aliphatic carbocycles. The lowest BCUT2D eigenvalue weighted by Gasteiger charge is -2.49. The zero-order valence-corrected chi connectivity index (χ0v) is 21.9. The number of hydrogen-bond acceptors (Lipinski definition) is 14. The zero-order chi connectivity index (χ0) is 26.8. The van der Waals surface area contributed by atoms with Crippen molar-refractivity contribution in [2.24, 2.45) is 5.16 Å². The number of nitrogens with zero attached hydrogens (tertiary/aromatic N) is 6. The van der Waals surface area contributed by atoms with Crippen LogP contribution in [0.3, 0.4) is 0 Å². The number of anilines is 1. The van der Waals surface area contributed by atoms with Gasteiger partial charge in [0.1, 0.15) is 29.9 Å². The first-order valence-corrected chi connectivity index (χ1v) is 13.7. The van der Waals surface area contributed by atoms with E-state index in [1.807, 2.05) is 0 Å². The van der Waals surface area contributed by atoms with E-state index in [1.54, 1.807) is 24.5 Å². The minimum absolute atomic E-state index is 0.123. The van der Waals surface area contributed by atoms with Gasteiger partial charge < -0.3 is 25.4 Å². The van der Waals surface area contributed by atoms with E-state index in [2.05, 4.69) is 30.6 Å². The van der Waals surface area contributed by atoms with Gasteiger partial charge in [-0.25, -0.2) is 9.78 Å². The molecular weight excluding hydrogens is 556 g/mol. The largest absolute Gasteiger partial charge is 0.477 e. The molecule has 2 aliphatic rings. The van der Waals surface area contributed by atoms with E-state index in [9.17, 15) is 19.5 Å². The number of amides is 2. The van der Waals surface area contributed by atoms with Crippen LogP contribution >= 0.6 is 34.9 Å². The van der Waals surface area contributed by atoms with Crippen LogP contribution in [-0.4, -0.2) is 83.7 Å². The van der Waals surface area contributed by atoms with Crippen molar-refractivity contribution in [1.82, 2.24) is 30.4 Å². The van der Waals surface area contributed by atoms with Crippen molar-refractivity contribution in [2.45, 2.75) is 16.6 Å². The van der Waals surface area contributed by atoms with Gasteiger partial charge in [0.05, 0.1) is 5.56 Å². The standard InChI is InChI=1S/C21H18N8O6S3/c1-34-28-12(11-8-37-20(22)24-11)15(30)25-13-17(31)29-14(19(32)33)10(6-36-18(13)29)7-38-21-27-26-16(35-21)9-3-2-4-23-5-9/h2-5,8,13,18H,6-7H2,1H3,(H2,22,24)(H,25,30)(H,32,33)/t13-,18+/m1/s1. The summed E-state index contributed by atoms with van der Waals surface area (Å²) < 4.78 is 5.64. The first kappa shape index (κ1) is 25.7. The Labute approximate surface area is 226 Å². The van der Waals surface area contributed by atoms with E-state index in [0.29, 0.717) is 22.8 Å². The molecule has 38 heavy (non-hydrogen) atoms. The summed E-state index contributed by atoms with van der Waals surface area (Å²) in [5, 5.41) is 25.6. The molecule has 4 N–H and O–H groups in total. The first-order valence-electron chi connectivity index (χ1n) is 10.8. The lowest BCUT2D eigenvalue weighted by molar-refractivity contribution is -0.150. The number of nitrogens with two attached hydrogens (primary N) is 1. The fourth-order valence-electron chi connectivity index (χ4n) is 3.72. The van der Waals surface area contributed by atoms with Gasteiger partial charge in [-0.2, -0.15) is 0 Å². The van der Waals surface area contributed by atoms with Crippen LogP contribution in [0.25, 0.3) is 11.5 Å². The Balaban J connectivity index is 1.28. The van der Waals surface area contributed by atoms with Crippen LogP contribution < -0.4 is 11.1 Å². The van der Waals surface area contributed by atoms with E-state index in [4.69, 9.17) is 15.0 Å². The van der Waals surface area contributed by atoms with E-state index < -0.39 is 29.2 Å². The van der Waals surface area contributed by atoms with Crippen molar-refractivity contribution < 1.29 is 28.7 Å². The normalized spacial score (nSPS) is 19.1. The van der Waals surface area contributed by atoms with Crippen molar-refractivity contribution >= 4 is 63.5 Å². The molecule has 1 saturated heterocycles. The van der Waals surface area contributed by atoms with Crippen molar-refractivity contribution in [2.75, 3.05) is 24.3 Å². The Kier molecular flexibility index (Phi) is 7.30. The Morgan fingerprint density at radius 3 is 2.95 bits per heavy atom. The third kappa shape index (κ3) is 4.94. The maximum Gasteiger partial charge on any atom is 0.352 e. The number of aliphatic carboxylic acids is 1. The number of thiazole rings is 1. The number of nitrogen functional groups attached to an aromatic ring is 1. The van der Waals surface area contributed by atoms with Crippen LogP contribution in [-0.2, 0) is 19.2 Å². The first-order chi connectivity index (χ1) is 18.4. The number of carboxylic acid groups (broad SMARTS) is 1. The lowest BCUT2D eigenvalue weighted by atomic mass is 10.0. The molecule has 3 aromatic heterocycles. The third-order valence-corrected chi connectivity index (χ3v) is 8.30. The van der Waals surface area contributed by atoms with Crippen LogP contribution in [0.1, 0.15) is 5.69 Å². The molecule has 5 rings (SSSR count). The second-order valence-electron chi connectivity index (χ2n) is 7.72. The summed E-state index contributed by atoms with van der Waals surface area (Å²) in [4.78, 5) is 52.0. The summed E-state index contributed by atoms with van der Waals surface area (Å²) in [7, 11) is 1.27. The molecule has 0 aromatic carbocycles. The molecule has 2 aliphatic heterocycles. The van der Waals surface area contributed by atoms with Gasteiger partial charge in [0, 0.05) is 29.3 Å². The summed E-state index contributed by atoms with van der Waals surface area (Å²) in [6.45, 7) is 0. The van der Waals surface area contributed by atoms with Crippen LogP contribution in [0, 0.1) is 0 Å². The molecule has 0 radical (unpaired) electrons. The SMILES string of the molecule is CON=C(C(=O)N[C@@H]1C(=O)N2C(C(=O)O)=C(CSc3nnc(-c4cccnc4)o3)CS[C@@H]12)c1csc(N)n1. The van der Waals surface area contributed by atoms with E-state index in [-0.39, 0.29) is 33.2 Å². The maximum atomic E-state index is 13.0. The van der Waals surface area contributed by atoms with Crippen molar-refractivity contribution in [3.05, 3.63) is 46.9 Å². The second-order valence-corrected chi connectivity index (χ2v) is 10.6. The van der Waals surface area contributed by atoms with Crippen LogP contribution in [0.15, 0.2) is 56.0 Å². The second kappa shape index (κ2) is 10.8. The molecule has 0 unspecified atom stereocenters. The number of carbonyl (C=O) groups excluding carboxylic acids is 2. The zero-order valence-electron chi connectivity index (χ0n) is 19.4. The number of hydrogen-bond donors (Lipinski definition) is 3. The highest BCUT2D eigenvalue weighted by Crippen LogP contribution is 2.41. The fraction of sp³-hybridized carbons (Fsp3) is 0.238. The highest BCUT2D eigenvalue weighted by atomic mass is 32.2. The minimum atomic E-state index is -1.25. The molecule has 17 heteroatoms. The third-order valence-electron chi connectivity index (χ3n) is 5.38. The Hall–Kier alpha value is -3.96. The molecule has 3 aromatic rings. The van der Waals surface area contributed by atoms with Gasteiger partial charge in [-0.15, -0.1) is 33.3 Å². The molecule has 0 saturated carbocycles. The number of rotatable bonds is 9. The summed E-state index contributed by atoms with van der Waals surface area (Å²) in [5.74, 6) is -1.67. The van der Waals surface area contributed by atoms with Crippen molar-refractivity contribution in [3.63, 3.8) is 0 Å². The van der Waals surface area contributed by atoms with Gasteiger partial charge >= 0.3 is 5.97 Å². The molecule has 14 nitrogen and oxygen atoms in total. The summed E-state index contributed by atoms with van der Waals surface area (Å²) >= 11 is 3.62. The van der Waals surface area contributed by atoms with Crippen molar-refractivity contribution in [3.8, 4) is 11.5 Å². The van der Waals surface area contributed by atoms with Gasteiger partial charge in [0.25, 0.3) is 17.0 Å². The number of aromatic nitrogens is 4. The van der Waals surface area contributed by atoms with Gasteiger partial charge in [-0.05, 0) is 17.7 Å². The number of fused-ring (bicyclic) bond motifs is 1. The monoisotopic (exact) mass is 574 g/mol. The number of oxime groups is 1. The predicted molar refractivity (Wildman–Crippen MR) is 138 cm³/mol. The quantitative estimate of drug-likeness (QED) is 0.142. The summed E-state index contributed by atoms with van der Waals surface area (Å²) in [6, 6.07) is 2.57. The lowest BCUT2D eigenvalue weighted by Crippen LogP contribution is -2.71. The molecule has 2 atom stereocenters. The van der Waals surface area contributed by atoms with Gasteiger partial charge in [0.2, 0.25) is 5.89 Å². The molecule has 5 heterocycles. The van der Waals surface area contributed by atoms with E-state index in [1.165, 1.54) is 29.2 Å². The molecule has 2 amide bonds. The summed E-state index contributed by atoms with van der Waals surface area (Å²) in [5.41, 5.74) is 6.74. The Bertz CT molecular complexity index is 1460. The Morgan fingerprint density at radius 1 is 1.42 bits per heavy atom. The smallest absolute Gasteiger partial charge is 0.352 e. The van der Waals surface area contributed by atoms with Crippen LogP contribution in [0.2, 0.25) is 0 Å². The average Bonchev–Trinajstić information content (AvgIpc) is 3.58. The minimum Gasteiger partial charge on any atom is -0.477 e. The predicted octanol–water partition coefficient (Wildman–Crippen LogP) is 1.05. The highest BCUT2D eigenvalue weighted by molar-refractivity contribution is 8.01. The van der Waals surface area contributed by atoms with Gasteiger partial charge in [-0.3, -0.25) is 19.5 Å². The number of thioether (sulfide) groups is 2. The number of carbonyl (C=O) groups is 3. The van der Waals surface area contributed by atoms with E-state index in [0.717, 1.165) is 23.1 Å². The molecule has 1 fully saturated rings. The number of β-lactam (4-membered cyclic amide) rings is 1. The average molecular weight is 575 g/mol. The van der Waals surface area contributed by atoms with Crippen molar-refractivity contribution in [1.29, 1.82) is 0 Å². The molecule has 196 valence electrons. The van der Waals surface area contributed by atoms with Crippen LogP contribution in [0.4, 0.5) is 5.13 Å². The maximum absolute atomic E-state index is 13.0. The topological polar surface area (TPSA) is 199 Å². The van der Waals surface area contributed by atoms with Gasteiger partial charge in [-0.1, -0.05) is 16.9 Å². The number of pyridine rings is 1.